The predicted molar refractivity (Wildman–Crippen MR) is 284 cm³/mol. The molecule has 0 heterocycles. The zero-order chi connectivity index (χ0) is 43.6. The first-order chi connectivity index (χ1) is 32.8. The van der Waals surface area contributed by atoms with Crippen molar-refractivity contribution in [3.8, 4) is 66.8 Å². The summed E-state index contributed by atoms with van der Waals surface area (Å²) in [5.41, 5.74) is 14.4. The first-order valence-corrected chi connectivity index (χ1v) is 22.9. The van der Waals surface area contributed by atoms with Crippen molar-refractivity contribution >= 4 is 64.6 Å². The Kier molecular flexibility index (Phi) is 8.96. The van der Waals surface area contributed by atoms with Gasteiger partial charge < -0.3 is 0 Å². The molecule has 0 amide bonds. The summed E-state index contributed by atoms with van der Waals surface area (Å²) in [4.78, 5) is 0. The minimum Gasteiger partial charge on any atom is -0.0622 e. The third kappa shape index (κ3) is 6.15. The van der Waals surface area contributed by atoms with Gasteiger partial charge in [0.1, 0.15) is 0 Å². The highest BCUT2D eigenvalue weighted by Gasteiger charge is 2.31. The van der Waals surface area contributed by atoms with Crippen LogP contribution in [0.2, 0.25) is 0 Å². The number of rotatable bonds is 6. The van der Waals surface area contributed by atoms with Crippen LogP contribution in [0.4, 0.5) is 0 Å². The molecule has 0 atom stereocenters. The second-order valence-electron chi connectivity index (χ2n) is 17.5. The van der Waals surface area contributed by atoms with Crippen molar-refractivity contribution in [2.45, 2.75) is 0 Å². The summed E-state index contributed by atoms with van der Waals surface area (Å²) in [6, 6.07) is 94.9. The fourth-order valence-corrected chi connectivity index (χ4v) is 10.9. The Labute approximate surface area is 384 Å². The fraction of sp³-hybridized carbons (Fsp3) is 0. The van der Waals surface area contributed by atoms with Crippen LogP contribution in [0.3, 0.4) is 0 Å². The van der Waals surface area contributed by atoms with Crippen molar-refractivity contribution in [3.63, 3.8) is 0 Å². The maximum atomic E-state index is 2.47. The molecule has 13 aromatic carbocycles. The molecule has 0 bridgehead atoms. The molecule has 0 heteroatoms. The summed E-state index contributed by atoms with van der Waals surface area (Å²) >= 11 is 0. The van der Waals surface area contributed by atoms with Gasteiger partial charge in [0.15, 0.2) is 0 Å². The molecule has 0 saturated carbocycles. The number of hydrogen-bond acceptors (Lipinski definition) is 0. The molecule has 0 aliphatic heterocycles. The summed E-state index contributed by atoms with van der Waals surface area (Å²) in [6.07, 6.45) is 0. The maximum Gasteiger partial charge on any atom is -0.000719 e. The molecule has 0 aromatic heterocycles. The van der Waals surface area contributed by atoms with Crippen molar-refractivity contribution in [1.29, 1.82) is 0 Å². The Morgan fingerprint density at radius 2 is 0.455 bits per heavy atom. The molecule has 0 saturated heterocycles. The van der Waals surface area contributed by atoms with Gasteiger partial charge in [-0.2, -0.15) is 0 Å². The fourth-order valence-electron chi connectivity index (χ4n) is 10.9. The predicted octanol–water partition coefficient (Wildman–Crippen LogP) is 18.6. The zero-order valence-electron chi connectivity index (χ0n) is 36.2. The van der Waals surface area contributed by atoms with Crippen molar-refractivity contribution < 1.29 is 0 Å². The molecule has 0 nitrogen and oxygen atoms in total. The molecule has 0 spiro atoms. The minimum atomic E-state index is 1.17. The van der Waals surface area contributed by atoms with Crippen LogP contribution in [0.5, 0.6) is 0 Å². The Bertz CT molecular complexity index is 3760. The summed E-state index contributed by atoms with van der Waals surface area (Å²) in [7, 11) is 0. The molecule has 0 unspecified atom stereocenters. The van der Waals surface area contributed by atoms with Gasteiger partial charge in [-0.05, 0) is 156 Å². The topological polar surface area (TPSA) is 0 Å². The Morgan fingerprint density at radius 3 is 0.864 bits per heavy atom. The van der Waals surface area contributed by atoms with Crippen molar-refractivity contribution in [2.75, 3.05) is 0 Å². The van der Waals surface area contributed by atoms with Gasteiger partial charge in [0.25, 0.3) is 0 Å². The maximum absolute atomic E-state index is 2.47. The smallest absolute Gasteiger partial charge is 0.000719 e. The van der Waals surface area contributed by atoms with Gasteiger partial charge in [0, 0.05) is 0 Å². The molecular weight excluding hydrogens is 793 g/mol. The lowest BCUT2D eigenvalue weighted by molar-refractivity contribution is 1.54. The van der Waals surface area contributed by atoms with Gasteiger partial charge in [0.05, 0.1) is 0 Å². The van der Waals surface area contributed by atoms with E-state index in [1.165, 1.54) is 131 Å². The Balaban J connectivity index is 1.37. The lowest BCUT2D eigenvalue weighted by atomic mass is 9.72. The summed E-state index contributed by atoms with van der Waals surface area (Å²) in [6.45, 7) is 0. The summed E-state index contributed by atoms with van der Waals surface area (Å²) in [5, 5.41) is 14.7. The van der Waals surface area contributed by atoms with E-state index < -0.39 is 0 Å². The number of benzene rings is 13. The Morgan fingerprint density at radius 1 is 0.152 bits per heavy atom. The third-order valence-corrected chi connectivity index (χ3v) is 13.8. The highest BCUT2D eigenvalue weighted by Crippen LogP contribution is 2.58. The van der Waals surface area contributed by atoms with E-state index in [1.807, 2.05) is 0 Å². The minimum absolute atomic E-state index is 1.17. The second kappa shape index (κ2) is 15.6. The zero-order valence-corrected chi connectivity index (χ0v) is 36.2. The molecule has 13 aromatic rings. The average Bonchev–Trinajstić information content (AvgIpc) is 3.40. The first kappa shape index (κ1) is 37.9. The normalized spacial score (nSPS) is 11.6. The molecule has 0 aliphatic carbocycles. The largest absolute Gasteiger partial charge is 0.0622 e. The van der Waals surface area contributed by atoms with Crippen LogP contribution < -0.4 is 0 Å². The number of fused-ring (bicyclic) bond motifs is 8. The van der Waals surface area contributed by atoms with Crippen molar-refractivity contribution in [1.82, 2.24) is 0 Å². The number of hydrogen-bond donors (Lipinski definition) is 0. The van der Waals surface area contributed by atoms with Gasteiger partial charge in [-0.15, -0.1) is 0 Å². The van der Waals surface area contributed by atoms with Crippen LogP contribution in [-0.4, -0.2) is 0 Å². The lowest BCUT2D eigenvalue weighted by Gasteiger charge is -2.30. The van der Waals surface area contributed by atoms with E-state index in [9.17, 15) is 0 Å². The van der Waals surface area contributed by atoms with Crippen LogP contribution >= 0.6 is 0 Å². The highest BCUT2D eigenvalue weighted by atomic mass is 14.3. The third-order valence-electron chi connectivity index (χ3n) is 13.8. The summed E-state index contributed by atoms with van der Waals surface area (Å²) in [5.74, 6) is 0. The molecule has 0 fully saturated rings. The SMILES string of the molecule is c1ccc(-c2c(-c3ccc4ccccc4c3)c(-c3ccc4ccccc4c3)c(-c3ccccc3)c(-c3cc4ccccc4c4ccccc34)c2-c2cc3ccccc3c3ccccc23)cc1. The molecule has 13 rings (SSSR count). The van der Waals surface area contributed by atoms with E-state index in [1.54, 1.807) is 0 Å². The first-order valence-electron chi connectivity index (χ1n) is 22.9. The van der Waals surface area contributed by atoms with Crippen LogP contribution in [0.15, 0.2) is 255 Å². The van der Waals surface area contributed by atoms with Crippen LogP contribution in [0, 0.1) is 0 Å². The molecule has 0 aliphatic rings. The monoisotopic (exact) mass is 834 g/mol. The van der Waals surface area contributed by atoms with Crippen molar-refractivity contribution in [2.24, 2.45) is 0 Å². The van der Waals surface area contributed by atoms with E-state index in [0.717, 1.165) is 0 Å². The molecular formula is C66H42. The summed E-state index contributed by atoms with van der Waals surface area (Å²) < 4.78 is 0. The van der Waals surface area contributed by atoms with Gasteiger partial charge >= 0.3 is 0 Å². The average molecular weight is 835 g/mol. The van der Waals surface area contributed by atoms with Gasteiger partial charge in [0.2, 0.25) is 0 Å². The highest BCUT2D eigenvalue weighted by molar-refractivity contribution is 6.25. The van der Waals surface area contributed by atoms with Crippen LogP contribution in [-0.2, 0) is 0 Å². The molecule has 66 heavy (non-hydrogen) atoms. The van der Waals surface area contributed by atoms with E-state index >= 15 is 0 Å². The Hall–Kier alpha value is -8.58. The molecule has 306 valence electrons. The van der Waals surface area contributed by atoms with E-state index in [0.29, 0.717) is 0 Å². The van der Waals surface area contributed by atoms with Gasteiger partial charge in [-0.3, -0.25) is 0 Å². The van der Waals surface area contributed by atoms with Crippen LogP contribution in [0.1, 0.15) is 0 Å². The molecule has 0 radical (unpaired) electrons. The van der Waals surface area contributed by atoms with E-state index in [2.05, 4.69) is 255 Å². The van der Waals surface area contributed by atoms with Crippen molar-refractivity contribution in [3.05, 3.63) is 255 Å². The van der Waals surface area contributed by atoms with Gasteiger partial charge in [-0.1, -0.05) is 231 Å². The lowest BCUT2D eigenvalue weighted by Crippen LogP contribution is -2.03. The quantitative estimate of drug-likeness (QED) is 0.146. The molecule has 0 N–H and O–H groups in total. The second-order valence-corrected chi connectivity index (χ2v) is 17.5. The van der Waals surface area contributed by atoms with E-state index in [4.69, 9.17) is 0 Å². The van der Waals surface area contributed by atoms with E-state index in [-0.39, 0.29) is 0 Å². The van der Waals surface area contributed by atoms with Gasteiger partial charge in [-0.25, -0.2) is 0 Å². The standard InChI is InChI=1S/C66H42/c1-3-21-45(22-4-1)61-63(51-37-35-43-19-7-9-25-47(43)39-51)64(52-38-36-44-20-8-10-26-48(44)40-52)62(46-23-5-2-6-24-46)66(60-42-50-28-12-14-30-54(50)56-32-16-18-34-58(56)60)65(61)59-41-49-27-11-13-29-53(49)55-31-15-17-33-57(55)59/h1-42H. The van der Waals surface area contributed by atoms with Crippen LogP contribution in [0.25, 0.3) is 131 Å².